The third-order valence-electron chi connectivity index (χ3n) is 3.67. The molecule has 2 rings (SSSR count). The van der Waals surface area contributed by atoms with Crippen molar-refractivity contribution < 1.29 is 9.53 Å². The fraction of sp³-hybridized carbons (Fsp3) is 0.714. The standard InChI is InChI=1S/C14H22ClN3O2/c1-9(2)16-14(11-5-6-11,13(19)20-4)8-18-7-12(15)10(3)17-18/h7,9,11,16H,5-6,8H2,1-4H3. The Morgan fingerprint density at radius 1 is 1.65 bits per heavy atom. The highest BCUT2D eigenvalue weighted by Crippen LogP contribution is 2.42. The van der Waals surface area contributed by atoms with Crippen LogP contribution in [0.15, 0.2) is 6.20 Å². The smallest absolute Gasteiger partial charge is 0.328 e. The first kappa shape index (κ1) is 15.3. The Morgan fingerprint density at radius 2 is 2.30 bits per heavy atom. The van der Waals surface area contributed by atoms with Crippen LogP contribution in [0.5, 0.6) is 0 Å². The fourth-order valence-electron chi connectivity index (χ4n) is 2.69. The molecule has 1 N–H and O–H groups in total. The highest BCUT2D eigenvalue weighted by Gasteiger charge is 2.52. The SMILES string of the molecule is COC(=O)C(Cn1cc(Cl)c(C)n1)(NC(C)C)C1CC1. The lowest BCUT2D eigenvalue weighted by Crippen LogP contribution is -2.59. The van der Waals surface area contributed by atoms with E-state index in [1.165, 1.54) is 7.11 Å². The minimum atomic E-state index is -0.718. The Labute approximate surface area is 124 Å². The van der Waals surface area contributed by atoms with Gasteiger partial charge in [0, 0.05) is 12.2 Å². The number of hydrogen-bond donors (Lipinski definition) is 1. The molecule has 6 heteroatoms. The summed E-state index contributed by atoms with van der Waals surface area (Å²) in [6.45, 7) is 6.35. The number of ether oxygens (including phenoxy) is 1. The van der Waals surface area contributed by atoms with Crippen LogP contribution in [-0.2, 0) is 16.1 Å². The van der Waals surface area contributed by atoms with E-state index in [0.29, 0.717) is 17.5 Å². The summed E-state index contributed by atoms with van der Waals surface area (Å²) in [6.07, 6.45) is 3.82. The molecule has 0 aliphatic heterocycles. The van der Waals surface area contributed by atoms with E-state index < -0.39 is 5.54 Å². The van der Waals surface area contributed by atoms with Crippen molar-refractivity contribution in [3.8, 4) is 0 Å². The van der Waals surface area contributed by atoms with Gasteiger partial charge in [-0.3, -0.25) is 10.00 Å². The molecule has 0 spiro atoms. The molecule has 5 nitrogen and oxygen atoms in total. The van der Waals surface area contributed by atoms with Gasteiger partial charge in [0.25, 0.3) is 0 Å². The van der Waals surface area contributed by atoms with Crippen LogP contribution in [0.25, 0.3) is 0 Å². The van der Waals surface area contributed by atoms with Crippen LogP contribution in [0.2, 0.25) is 5.02 Å². The summed E-state index contributed by atoms with van der Waals surface area (Å²) < 4.78 is 6.79. The van der Waals surface area contributed by atoms with Gasteiger partial charge in [-0.15, -0.1) is 0 Å². The first-order chi connectivity index (χ1) is 9.39. The van der Waals surface area contributed by atoms with Crippen LogP contribution >= 0.6 is 11.6 Å². The third kappa shape index (κ3) is 2.99. The number of nitrogens with one attached hydrogen (secondary N) is 1. The Bertz CT molecular complexity index is 477. The van der Waals surface area contributed by atoms with Gasteiger partial charge in [0.2, 0.25) is 0 Å². The van der Waals surface area contributed by atoms with Gasteiger partial charge in [-0.2, -0.15) is 5.10 Å². The fourth-order valence-corrected chi connectivity index (χ4v) is 2.84. The van der Waals surface area contributed by atoms with E-state index in [1.807, 2.05) is 20.8 Å². The zero-order chi connectivity index (χ0) is 14.9. The van der Waals surface area contributed by atoms with Crippen molar-refractivity contribution in [2.45, 2.75) is 51.7 Å². The summed E-state index contributed by atoms with van der Waals surface area (Å²) >= 11 is 6.05. The van der Waals surface area contributed by atoms with E-state index in [2.05, 4.69) is 10.4 Å². The summed E-state index contributed by atoms with van der Waals surface area (Å²) in [5.74, 6) is 0.0682. The largest absolute Gasteiger partial charge is 0.468 e. The van der Waals surface area contributed by atoms with Crippen LogP contribution in [0.3, 0.4) is 0 Å². The topological polar surface area (TPSA) is 56.2 Å². The number of methoxy groups -OCH3 is 1. The van der Waals surface area contributed by atoms with Crippen LogP contribution in [0.4, 0.5) is 0 Å². The average molecular weight is 300 g/mol. The van der Waals surface area contributed by atoms with Crippen molar-refractivity contribution in [1.29, 1.82) is 0 Å². The van der Waals surface area contributed by atoms with Gasteiger partial charge < -0.3 is 4.74 Å². The molecule has 1 saturated carbocycles. The van der Waals surface area contributed by atoms with Crippen molar-refractivity contribution in [3.63, 3.8) is 0 Å². The normalized spacial score (nSPS) is 18.1. The van der Waals surface area contributed by atoms with E-state index in [1.54, 1.807) is 10.9 Å². The van der Waals surface area contributed by atoms with Crippen LogP contribution in [0, 0.1) is 12.8 Å². The van der Waals surface area contributed by atoms with Crippen molar-refractivity contribution >= 4 is 17.6 Å². The summed E-state index contributed by atoms with van der Waals surface area (Å²) in [6, 6.07) is 0.182. The Morgan fingerprint density at radius 3 is 2.70 bits per heavy atom. The first-order valence-electron chi connectivity index (χ1n) is 6.94. The van der Waals surface area contributed by atoms with Gasteiger partial charge in [0.05, 0.1) is 24.4 Å². The lowest BCUT2D eigenvalue weighted by Gasteiger charge is -2.34. The van der Waals surface area contributed by atoms with Crippen LogP contribution in [-0.4, -0.2) is 34.4 Å². The van der Waals surface area contributed by atoms with Crippen molar-refractivity contribution in [3.05, 3.63) is 16.9 Å². The molecule has 1 aliphatic carbocycles. The molecule has 1 fully saturated rings. The highest BCUT2D eigenvalue weighted by molar-refractivity contribution is 6.31. The molecule has 1 aromatic rings. The molecule has 20 heavy (non-hydrogen) atoms. The number of halogens is 1. The molecule has 0 amide bonds. The minimum Gasteiger partial charge on any atom is -0.468 e. The average Bonchev–Trinajstić information content (AvgIpc) is 3.16. The number of esters is 1. The third-order valence-corrected chi connectivity index (χ3v) is 4.04. The summed E-state index contributed by atoms with van der Waals surface area (Å²) in [7, 11) is 1.43. The van der Waals surface area contributed by atoms with Gasteiger partial charge in [-0.05, 0) is 39.5 Å². The molecule has 112 valence electrons. The van der Waals surface area contributed by atoms with E-state index >= 15 is 0 Å². The minimum absolute atomic E-state index is 0.182. The van der Waals surface area contributed by atoms with Gasteiger partial charge in [-0.1, -0.05) is 11.6 Å². The Balaban J connectivity index is 2.31. The van der Waals surface area contributed by atoms with Gasteiger partial charge in [0.15, 0.2) is 0 Å². The number of hydrogen-bond acceptors (Lipinski definition) is 4. The lowest BCUT2D eigenvalue weighted by atomic mass is 9.92. The van der Waals surface area contributed by atoms with E-state index in [-0.39, 0.29) is 12.0 Å². The molecule has 1 heterocycles. The van der Waals surface area contributed by atoms with Crippen molar-refractivity contribution in [2.75, 3.05) is 7.11 Å². The molecule has 1 aromatic heterocycles. The molecule has 1 unspecified atom stereocenters. The monoisotopic (exact) mass is 299 g/mol. The molecule has 1 aliphatic rings. The molecular formula is C14H22ClN3O2. The second-order valence-electron chi connectivity index (χ2n) is 5.80. The lowest BCUT2D eigenvalue weighted by molar-refractivity contribution is -0.151. The molecular weight excluding hydrogens is 278 g/mol. The quantitative estimate of drug-likeness (QED) is 0.818. The van der Waals surface area contributed by atoms with Gasteiger partial charge in [0.1, 0.15) is 5.54 Å². The number of rotatable bonds is 6. The number of carbonyl (C=O) groups is 1. The van der Waals surface area contributed by atoms with Gasteiger partial charge >= 0.3 is 5.97 Å². The molecule has 0 aromatic carbocycles. The maximum Gasteiger partial charge on any atom is 0.328 e. The Hall–Kier alpha value is -1.07. The molecule has 0 saturated heterocycles. The zero-order valence-corrected chi connectivity index (χ0v) is 13.2. The first-order valence-corrected chi connectivity index (χ1v) is 7.32. The molecule has 0 radical (unpaired) electrons. The van der Waals surface area contributed by atoms with Crippen LogP contribution < -0.4 is 5.32 Å². The summed E-state index contributed by atoms with van der Waals surface area (Å²) in [5, 5.41) is 8.39. The number of carbonyl (C=O) groups excluding carboxylic acids is 1. The van der Waals surface area contributed by atoms with E-state index in [4.69, 9.17) is 16.3 Å². The highest BCUT2D eigenvalue weighted by atomic mass is 35.5. The number of nitrogens with zero attached hydrogens (tertiary/aromatic N) is 2. The van der Waals surface area contributed by atoms with Crippen molar-refractivity contribution in [2.24, 2.45) is 5.92 Å². The maximum atomic E-state index is 12.4. The maximum absolute atomic E-state index is 12.4. The summed E-state index contributed by atoms with van der Waals surface area (Å²) in [4.78, 5) is 12.4. The molecule has 0 bridgehead atoms. The van der Waals surface area contributed by atoms with Crippen molar-refractivity contribution in [1.82, 2.24) is 15.1 Å². The van der Waals surface area contributed by atoms with Gasteiger partial charge in [-0.25, -0.2) is 4.79 Å². The van der Waals surface area contributed by atoms with Crippen LogP contribution in [0.1, 0.15) is 32.4 Å². The Kier molecular flexibility index (Phi) is 4.39. The second kappa shape index (κ2) is 5.74. The zero-order valence-electron chi connectivity index (χ0n) is 12.4. The second-order valence-corrected chi connectivity index (χ2v) is 6.20. The predicted octanol–water partition coefficient (Wildman–Crippen LogP) is 2.16. The number of aromatic nitrogens is 2. The predicted molar refractivity (Wildman–Crippen MR) is 77.7 cm³/mol. The van der Waals surface area contributed by atoms with E-state index in [9.17, 15) is 4.79 Å². The number of aryl methyl sites for hydroxylation is 1. The summed E-state index contributed by atoms with van der Waals surface area (Å²) in [5.41, 5.74) is 0.0517. The molecule has 1 atom stereocenters. The van der Waals surface area contributed by atoms with E-state index in [0.717, 1.165) is 18.5 Å².